The summed E-state index contributed by atoms with van der Waals surface area (Å²) in [5.74, 6) is 1.32. The van der Waals surface area contributed by atoms with Gasteiger partial charge in [0.25, 0.3) is 0 Å². The molecule has 0 saturated carbocycles. The molecule has 0 fully saturated rings. The fraction of sp³-hybridized carbons (Fsp3) is 0.188. The number of fused-ring (bicyclic) bond motifs is 1. The van der Waals surface area contributed by atoms with E-state index in [4.69, 9.17) is 14.2 Å². The maximum absolute atomic E-state index is 12.1. The second kappa shape index (κ2) is 4.89. The number of ether oxygens (including phenoxy) is 3. The highest BCUT2D eigenvalue weighted by atomic mass is 16.7. The van der Waals surface area contributed by atoms with Crippen molar-refractivity contribution >= 4 is 5.97 Å². The van der Waals surface area contributed by atoms with E-state index in [9.17, 15) is 4.79 Å². The number of hydrogen-bond donors (Lipinski definition) is 0. The molecule has 4 heteroatoms. The van der Waals surface area contributed by atoms with Crippen LogP contribution < -0.4 is 14.2 Å². The maximum atomic E-state index is 12.1. The van der Waals surface area contributed by atoms with Gasteiger partial charge in [0, 0.05) is 6.07 Å². The summed E-state index contributed by atoms with van der Waals surface area (Å²) in [6.07, 6.45) is 0. The summed E-state index contributed by atoms with van der Waals surface area (Å²) < 4.78 is 15.8. The average molecular weight is 270 g/mol. The molecule has 102 valence electrons. The third-order valence-corrected chi connectivity index (χ3v) is 3.30. The van der Waals surface area contributed by atoms with Crippen LogP contribution in [0.15, 0.2) is 36.4 Å². The highest BCUT2D eigenvalue weighted by Gasteiger charge is 2.16. The van der Waals surface area contributed by atoms with Crippen molar-refractivity contribution in [3.63, 3.8) is 0 Å². The number of esters is 1. The molecule has 0 aromatic heterocycles. The lowest BCUT2D eigenvalue weighted by Gasteiger charge is -2.07. The van der Waals surface area contributed by atoms with E-state index in [0.717, 1.165) is 11.1 Å². The molecule has 20 heavy (non-hydrogen) atoms. The van der Waals surface area contributed by atoms with Crippen LogP contribution in [0.25, 0.3) is 0 Å². The Kier molecular flexibility index (Phi) is 3.06. The van der Waals surface area contributed by atoms with Crippen LogP contribution in [0.1, 0.15) is 21.5 Å². The minimum absolute atomic E-state index is 0.198. The quantitative estimate of drug-likeness (QED) is 0.620. The Morgan fingerprint density at radius 3 is 2.60 bits per heavy atom. The molecule has 0 radical (unpaired) electrons. The van der Waals surface area contributed by atoms with Crippen LogP contribution in [0.3, 0.4) is 0 Å². The second-order valence-corrected chi connectivity index (χ2v) is 4.70. The van der Waals surface area contributed by atoms with Crippen LogP contribution in [0.4, 0.5) is 0 Å². The molecule has 0 atom stereocenters. The zero-order valence-corrected chi connectivity index (χ0v) is 11.3. The number of rotatable bonds is 2. The highest BCUT2D eigenvalue weighted by molar-refractivity contribution is 5.91. The van der Waals surface area contributed by atoms with Crippen molar-refractivity contribution in [2.24, 2.45) is 0 Å². The Hall–Kier alpha value is -2.49. The number of carbonyl (C=O) groups excluding carboxylic acids is 1. The van der Waals surface area contributed by atoms with E-state index in [1.807, 2.05) is 26.0 Å². The third-order valence-electron chi connectivity index (χ3n) is 3.30. The van der Waals surface area contributed by atoms with Crippen molar-refractivity contribution in [3.05, 3.63) is 53.1 Å². The fourth-order valence-electron chi connectivity index (χ4n) is 1.97. The maximum Gasteiger partial charge on any atom is 0.343 e. The van der Waals surface area contributed by atoms with Crippen LogP contribution in [0, 0.1) is 13.8 Å². The van der Waals surface area contributed by atoms with Crippen molar-refractivity contribution in [1.82, 2.24) is 0 Å². The van der Waals surface area contributed by atoms with E-state index < -0.39 is 0 Å². The van der Waals surface area contributed by atoms with Crippen LogP contribution in [-0.2, 0) is 0 Å². The Balaban J connectivity index is 1.80. The molecule has 2 aromatic carbocycles. The first-order valence-corrected chi connectivity index (χ1v) is 6.32. The lowest BCUT2D eigenvalue weighted by Crippen LogP contribution is -2.08. The molecule has 2 aromatic rings. The predicted octanol–water partition coefficient (Wildman–Crippen LogP) is 3.25. The molecule has 0 spiro atoms. The Bertz CT molecular complexity index is 676. The van der Waals surface area contributed by atoms with Gasteiger partial charge < -0.3 is 14.2 Å². The van der Waals surface area contributed by atoms with E-state index in [1.54, 1.807) is 24.3 Å². The summed E-state index contributed by atoms with van der Waals surface area (Å²) in [7, 11) is 0. The van der Waals surface area contributed by atoms with Gasteiger partial charge in [-0.15, -0.1) is 0 Å². The first-order chi connectivity index (χ1) is 9.63. The first kappa shape index (κ1) is 12.5. The molecule has 0 amide bonds. The lowest BCUT2D eigenvalue weighted by molar-refractivity contribution is 0.0734. The Morgan fingerprint density at radius 1 is 1.00 bits per heavy atom. The Labute approximate surface area is 116 Å². The van der Waals surface area contributed by atoms with E-state index in [0.29, 0.717) is 22.8 Å². The van der Waals surface area contributed by atoms with Crippen LogP contribution in [0.2, 0.25) is 0 Å². The fourth-order valence-corrected chi connectivity index (χ4v) is 1.97. The van der Waals surface area contributed by atoms with Crippen molar-refractivity contribution in [1.29, 1.82) is 0 Å². The summed E-state index contributed by atoms with van der Waals surface area (Å²) >= 11 is 0. The molecule has 0 bridgehead atoms. The summed E-state index contributed by atoms with van der Waals surface area (Å²) in [6.45, 7) is 4.17. The van der Waals surface area contributed by atoms with E-state index in [2.05, 4.69) is 0 Å². The number of benzene rings is 2. The molecule has 1 aliphatic heterocycles. The largest absolute Gasteiger partial charge is 0.454 e. The summed E-state index contributed by atoms with van der Waals surface area (Å²) in [5.41, 5.74) is 2.74. The SMILES string of the molecule is Cc1ccc(C(=O)Oc2ccc3c(c2)OCO3)cc1C. The molecular weight excluding hydrogens is 256 g/mol. The zero-order valence-electron chi connectivity index (χ0n) is 11.3. The predicted molar refractivity (Wildman–Crippen MR) is 73.4 cm³/mol. The van der Waals surface area contributed by atoms with E-state index in [-0.39, 0.29) is 12.8 Å². The van der Waals surface area contributed by atoms with Crippen LogP contribution in [-0.4, -0.2) is 12.8 Å². The molecule has 0 unspecified atom stereocenters. The van der Waals surface area contributed by atoms with Crippen LogP contribution >= 0.6 is 0 Å². The van der Waals surface area contributed by atoms with Crippen molar-refractivity contribution in [2.45, 2.75) is 13.8 Å². The number of carbonyl (C=O) groups is 1. The third kappa shape index (κ3) is 2.32. The van der Waals surface area contributed by atoms with Gasteiger partial charge in [-0.1, -0.05) is 6.07 Å². The topological polar surface area (TPSA) is 44.8 Å². The van der Waals surface area contributed by atoms with Gasteiger partial charge in [0.2, 0.25) is 6.79 Å². The van der Waals surface area contributed by atoms with Gasteiger partial charge >= 0.3 is 5.97 Å². The standard InChI is InChI=1S/C16H14O4/c1-10-3-4-12(7-11(10)2)16(17)20-13-5-6-14-15(8-13)19-9-18-14/h3-8H,9H2,1-2H3. The van der Waals surface area contributed by atoms with Crippen LogP contribution in [0.5, 0.6) is 17.2 Å². The lowest BCUT2D eigenvalue weighted by atomic mass is 10.1. The molecule has 1 heterocycles. The van der Waals surface area contributed by atoms with Gasteiger partial charge in [-0.2, -0.15) is 0 Å². The zero-order chi connectivity index (χ0) is 14.1. The molecule has 1 aliphatic rings. The molecular formula is C16H14O4. The minimum Gasteiger partial charge on any atom is -0.454 e. The van der Waals surface area contributed by atoms with Gasteiger partial charge in [-0.25, -0.2) is 4.79 Å². The van der Waals surface area contributed by atoms with Crippen molar-refractivity contribution in [3.8, 4) is 17.2 Å². The average Bonchev–Trinajstić information content (AvgIpc) is 2.89. The second-order valence-electron chi connectivity index (χ2n) is 4.70. The monoisotopic (exact) mass is 270 g/mol. The smallest absolute Gasteiger partial charge is 0.343 e. The van der Waals surface area contributed by atoms with Gasteiger partial charge in [0.1, 0.15) is 5.75 Å². The molecule has 0 aliphatic carbocycles. The first-order valence-electron chi connectivity index (χ1n) is 6.32. The summed E-state index contributed by atoms with van der Waals surface area (Å²) in [5, 5.41) is 0. The highest BCUT2D eigenvalue weighted by Crippen LogP contribution is 2.35. The molecule has 4 nitrogen and oxygen atoms in total. The summed E-state index contributed by atoms with van der Waals surface area (Å²) in [6, 6.07) is 10.6. The van der Waals surface area contributed by atoms with Gasteiger partial charge in [-0.05, 0) is 49.2 Å². The van der Waals surface area contributed by atoms with Crippen molar-refractivity contribution < 1.29 is 19.0 Å². The minimum atomic E-state index is -0.382. The number of aryl methyl sites for hydroxylation is 2. The Morgan fingerprint density at radius 2 is 1.80 bits per heavy atom. The molecule has 0 saturated heterocycles. The van der Waals surface area contributed by atoms with Gasteiger partial charge in [-0.3, -0.25) is 0 Å². The summed E-state index contributed by atoms with van der Waals surface area (Å²) in [4.78, 5) is 12.1. The molecule has 3 rings (SSSR count). The van der Waals surface area contributed by atoms with Gasteiger partial charge in [0.05, 0.1) is 5.56 Å². The normalized spacial score (nSPS) is 12.3. The van der Waals surface area contributed by atoms with E-state index >= 15 is 0 Å². The molecule has 0 N–H and O–H groups in total. The number of hydrogen-bond acceptors (Lipinski definition) is 4. The van der Waals surface area contributed by atoms with Crippen molar-refractivity contribution in [2.75, 3.05) is 6.79 Å². The van der Waals surface area contributed by atoms with E-state index in [1.165, 1.54) is 0 Å². The van der Waals surface area contributed by atoms with Gasteiger partial charge in [0.15, 0.2) is 11.5 Å².